The van der Waals surface area contributed by atoms with Crippen LogP contribution < -0.4 is 16.0 Å². The molecule has 1 fully saturated rings. The van der Waals surface area contributed by atoms with Gasteiger partial charge in [-0.05, 0) is 17.7 Å². The number of piperazine rings is 1. The first-order valence-corrected chi connectivity index (χ1v) is 10.7. The Morgan fingerprint density at radius 3 is 2.74 bits per heavy atom. The molecule has 0 atom stereocenters. The van der Waals surface area contributed by atoms with Gasteiger partial charge in [-0.15, -0.1) is 11.3 Å². The Bertz CT molecular complexity index is 1390. The minimum absolute atomic E-state index is 0.0541. The lowest BCUT2D eigenvalue weighted by Crippen LogP contribution is -2.44. The van der Waals surface area contributed by atoms with Crippen LogP contribution in [0.3, 0.4) is 0 Å². The molecule has 0 spiro atoms. The summed E-state index contributed by atoms with van der Waals surface area (Å²) in [6, 6.07) is 6.27. The van der Waals surface area contributed by atoms with Gasteiger partial charge in [-0.25, -0.2) is 18.7 Å². The molecule has 2 aromatic heterocycles. The van der Waals surface area contributed by atoms with E-state index in [-0.39, 0.29) is 36.8 Å². The van der Waals surface area contributed by atoms with Gasteiger partial charge < -0.3 is 16.0 Å². The molecular formula is C21H15ClF2N6S. The van der Waals surface area contributed by atoms with Gasteiger partial charge >= 0.3 is 0 Å². The predicted molar refractivity (Wildman–Crippen MR) is 119 cm³/mol. The third-order valence-corrected chi connectivity index (χ3v) is 6.74. The maximum Gasteiger partial charge on any atom is 0.158 e. The van der Waals surface area contributed by atoms with E-state index in [4.69, 9.17) is 17.3 Å². The number of hydrogen-bond donors (Lipinski definition) is 2. The van der Waals surface area contributed by atoms with E-state index in [9.17, 15) is 9.65 Å². The number of nitriles is 1. The third-order valence-electron chi connectivity index (χ3n) is 5.42. The molecule has 5 rings (SSSR count). The van der Waals surface area contributed by atoms with Crippen LogP contribution in [0, 0.1) is 23.0 Å². The molecular weight excluding hydrogens is 442 g/mol. The number of aromatic nitrogens is 2. The molecule has 3 N–H and O–H groups in total. The van der Waals surface area contributed by atoms with Crippen LogP contribution in [-0.2, 0) is 0 Å². The molecule has 0 amide bonds. The van der Waals surface area contributed by atoms with Crippen molar-refractivity contribution >= 4 is 54.7 Å². The number of halogens is 3. The Balaban J connectivity index is 1.80. The molecule has 1 aliphatic rings. The average molecular weight is 457 g/mol. The lowest BCUT2D eigenvalue weighted by molar-refractivity contribution is 0.585. The van der Waals surface area contributed by atoms with Crippen molar-refractivity contribution in [3.63, 3.8) is 0 Å². The summed E-state index contributed by atoms with van der Waals surface area (Å²) in [6.07, 6.45) is 1.32. The number of nitrogen functional groups attached to an aromatic ring is 1. The van der Waals surface area contributed by atoms with Crippen molar-refractivity contribution in [2.24, 2.45) is 0 Å². The first-order chi connectivity index (χ1) is 15.0. The van der Waals surface area contributed by atoms with Crippen LogP contribution in [0.25, 0.3) is 32.1 Å². The van der Waals surface area contributed by atoms with Gasteiger partial charge in [0.1, 0.15) is 34.5 Å². The smallest absolute Gasteiger partial charge is 0.158 e. The highest BCUT2D eigenvalue weighted by Gasteiger charge is 2.25. The second kappa shape index (κ2) is 7.57. The first kappa shape index (κ1) is 19.9. The fourth-order valence-corrected chi connectivity index (χ4v) is 5.24. The van der Waals surface area contributed by atoms with Crippen LogP contribution in [-0.4, -0.2) is 36.1 Å². The number of nitrogens with zero attached hydrogens (tertiary/aromatic N) is 4. The van der Waals surface area contributed by atoms with Crippen molar-refractivity contribution in [1.82, 2.24) is 15.3 Å². The molecule has 10 heteroatoms. The van der Waals surface area contributed by atoms with Crippen LogP contribution in [0.4, 0.5) is 19.6 Å². The van der Waals surface area contributed by atoms with Crippen LogP contribution >= 0.6 is 22.9 Å². The zero-order valence-electron chi connectivity index (χ0n) is 16.0. The molecule has 0 radical (unpaired) electrons. The fraction of sp³-hybridized carbons (Fsp3) is 0.190. The number of nitrogens with one attached hydrogen (secondary N) is 1. The molecule has 6 nitrogen and oxygen atoms in total. The highest BCUT2D eigenvalue weighted by molar-refractivity contribution is 7.23. The standard InChI is InChI=1S/C21H15ClF2N6S/c22-13-7-11-18(28-9-29-21(11)30-5-3-27-4-6-30)17(24)16(13)10-1-2-14(23)19-15(10)12(8-25)20(26)31-19/h1-2,7,9,27H,3-6,26H2. The van der Waals surface area contributed by atoms with Gasteiger partial charge in [-0.1, -0.05) is 17.7 Å². The Hall–Kier alpha value is -3.06. The van der Waals surface area contributed by atoms with E-state index in [1.165, 1.54) is 18.5 Å². The van der Waals surface area contributed by atoms with E-state index in [0.29, 0.717) is 16.8 Å². The minimum Gasteiger partial charge on any atom is -0.389 e. The van der Waals surface area contributed by atoms with E-state index >= 15 is 4.39 Å². The molecule has 1 aliphatic heterocycles. The van der Waals surface area contributed by atoms with E-state index in [2.05, 4.69) is 20.2 Å². The molecule has 2 aromatic carbocycles. The molecule has 31 heavy (non-hydrogen) atoms. The molecule has 4 aromatic rings. The Morgan fingerprint density at radius 2 is 2.00 bits per heavy atom. The van der Waals surface area contributed by atoms with Crippen LogP contribution in [0.2, 0.25) is 5.02 Å². The van der Waals surface area contributed by atoms with Crippen molar-refractivity contribution in [3.8, 4) is 17.2 Å². The molecule has 3 heterocycles. The van der Waals surface area contributed by atoms with E-state index < -0.39 is 11.6 Å². The number of rotatable bonds is 2. The van der Waals surface area contributed by atoms with E-state index in [1.807, 2.05) is 6.07 Å². The molecule has 1 saturated heterocycles. The number of hydrogen-bond acceptors (Lipinski definition) is 7. The number of benzene rings is 2. The van der Waals surface area contributed by atoms with Gasteiger partial charge in [-0.2, -0.15) is 5.26 Å². The number of nitrogens with two attached hydrogens (primary N) is 1. The molecule has 0 bridgehead atoms. The van der Waals surface area contributed by atoms with Crippen molar-refractivity contribution in [2.45, 2.75) is 0 Å². The number of fused-ring (bicyclic) bond motifs is 2. The normalized spacial score (nSPS) is 14.3. The van der Waals surface area contributed by atoms with Gasteiger partial charge in [0.15, 0.2) is 5.82 Å². The van der Waals surface area contributed by atoms with E-state index in [0.717, 1.165) is 37.5 Å². The van der Waals surface area contributed by atoms with Gasteiger partial charge in [0.2, 0.25) is 0 Å². The summed E-state index contributed by atoms with van der Waals surface area (Å²) in [6.45, 7) is 3.05. The second-order valence-corrected chi connectivity index (χ2v) is 8.59. The predicted octanol–water partition coefficient (Wildman–Crippen LogP) is 4.31. The summed E-state index contributed by atoms with van der Waals surface area (Å²) in [5.41, 5.74) is 6.49. The SMILES string of the molecule is N#Cc1c(N)sc2c(F)ccc(-c3c(Cl)cc4c(N5CCNCC5)ncnc4c3F)c12. The quantitative estimate of drug-likeness (QED) is 0.467. The van der Waals surface area contributed by atoms with Crippen LogP contribution in [0.5, 0.6) is 0 Å². The summed E-state index contributed by atoms with van der Waals surface area (Å²) in [7, 11) is 0. The minimum atomic E-state index is -0.650. The highest BCUT2D eigenvalue weighted by atomic mass is 35.5. The lowest BCUT2D eigenvalue weighted by atomic mass is 9.97. The van der Waals surface area contributed by atoms with Gasteiger partial charge in [0, 0.05) is 42.5 Å². The highest BCUT2D eigenvalue weighted by Crippen LogP contribution is 2.45. The Kier molecular flexibility index (Phi) is 4.85. The Labute approximate surface area is 184 Å². The summed E-state index contributed by atoms with van der Waals surface area (Å²) < 4.78 is 30.4. The second-order valence-electron chi connectivity index (χ2n) is 7.13. The van der Waals surface area contributed by atoms with Gasteiger partial charge in [0.05, 0.1) is 15.3 Å². The zero-order chi connectivity index (χ0) is 21.7. The van der Waals surface area contributed by atoms with Crippen molar-refractivity contribution in [2.75, 3.05) is 36.8 Å². The molecule has 0 saturated carbocycles. The fourth-order valence-electron chi connectivity index (χ4n) is 4.00. The van der Waals surface area contributed by atoms with Crippen molar-refractivity contribution in [1.29, 1.82) is 5.26 Å². The summed E-state index contributed by atoms with van der Waals surface area (Å²) in [5, 5.41) is 13.9. The maximum atomic E-state index is 15.8. The topological polar surface area (TPSA) is 90.9 Å². The first-order valence-electron chi connectivity index (χ1n) is 9.50. The summed E-state index contributed by atoms with van der Waals surface area (Å²) >= 11 is 7.52. The molecule has 0 aliphatic carbocycles. The number of anilines is 2. The lowest BCUT2D eigenvalue weighted by Gasteiger charge is -2.29. The maximum absolute atomic E-state index is 15.8. The zero-order valence-corrected chi connectivity index (χ0v) is 17.6. The molecule has 0 unspecified atom stereocenters. The monoisotopic (exact) mass is 456 g/mol. The Morgan fingerprint density at radius 1 is 1.23 bits per heavy atom. The van der Waals surface area contributed by atoms with Crippen LogP contribution in [0.1, 0.15) is 5.56 Å². The van der Waals surface area contributed by atoms with Crippen molar-refractivity contribution < 1.29 is 8.78 Å². The number of thiophene rings is 1. The summed E-state index contributed by atoms with van der Waals surface area (Å²) in [4.78, 5) is 10.6. The van der Waals surface area contributed by atoms with Gasteiger partial charge in [0.25, 0.3) is 0 Å². The third kappa shape index (κ3) is 3.07. The summed E-state index contributed by atoms with van der Waals surface area (Å²) in [5.74, 6) is -0.568. The average Bonchev–Trinajstić information content (AvgIpc) is 3.12. The van der Waals surface area contributed by atoms with Crippen molar-refractivity contribution in [3.05, 3.63) is 46.7 Å². The van der Waals surface area contributed by atoms with E-state index in [1.54, 1.807) is 6.07 Å². The molecule has 156 valence electrons. The van der Waals surface area contributed by atoms with Crippen LogP contribution in [0.15, 0.2) is 24.5 Å². The van der Waals surface area contributed by atoms with Gasteiger partial charge in [-0.3, -0.25) is 0 Å². The largest absolute Gasteiger partial charge is 0.389 e.